The largest absolute Gasteiger partial charge is 0.493 e. The van der Waals surface area contributed by atoms with Gasteiger partial charge in [0.05, 0.1) is 12.7 Å². The number of rotatable bonds is 8. The number of benzene rings is 3. The second kappa shape index (κ2) is 9.67. The number of ether oxygens (including phenoxy) is 2. The van der Waals surface area contributed by atoms with Gasteiger partial charge in [-0.1, -0.05) is 40.2 Å². The third-order valence-electron chi connectivity index (χ3n) is 4.92. The van der Waals surface area contributed by atoms with E-state index in [4.69, 9.17) is 14.6 Å². The maximum atomic E-state index is 11.1. The minimum absolute atomic E-state index is 0.274. The molecule has 0 spiro atoms. The molecule has 0 fully saturated rings. The maximum Gasteiger partial charge on any atom is 0.335 e. The van der Waals surface area contributed by atoms with Crippen LogP contribution in [0.3, 0.4) is 0 Å². The lowest BCUT2D eigenvalue weighted by Gasteiger charge is -2.16. The van der Waals surface area contributed by atoms with Crippen molar-refractivity contribution in [1.82, 2.24) is 0 Å². The lowest BCUT2D eigenvalue weighted by molar-refractivity contribution is 0.0697. The molecule has 30 heavy (non-hydrogen) atoms. The number of anilines is 1. The van der Waals surface area contributed by atoms with E-state index >= 15 is 0 Å². The fourth-order valence-corrected chi connectivity index (χ4v) is 3.56. The van der Waals surface area contributed by atoms with Crippen LogP contribution in [0.2, 0.25) is 0 Å². The number of carbonyl (C=O) groups is 1. The Morgan fingerprint density at radius 1 is 1.00 bits per heavy atom. The lowest BCUT2D eigenvalue weighted by atomic mass is 10.1. The standard InChI is InChI=1S/C24H24BrNO4/c1-15-6-4-5-7-18(15)14-30-23-12-20(25)19(11-22(23)29-3)13-26-21-9-8-17(24(27)28)10-16(21)2/h4-12,26H,13-14H2,1-3H3,(H,27,28). The highest BCUT2D eigenvalue weighted by molar-refractivity contribution is 9.10. The molecule has 5 nitrogen and oxygen atoms in total. The zero-order valence-corrected chi connectivity index (χ0v) is 18.7. The monoisotopic (exact) mass is 469 g/mol. The van der Waals surface area contributed by atoms with E-state index in [9.17, 15) is 4.79 Å². The minimum Gasteiger partial charge on any atom is -0.493 e. The molecule has 3 rings (SSSR count). The van der Waals surface area contributed by atoms with Crippen molar-refractivity contribution in [3.8, 4) is 11.5 Å². The number of aromatic carboxylic acids is 1. The molecule has 0 saturated heterocycles. The van der Waals surface area contributed by atoms with Crippen LogP contribution in [0.5, 0.6) is 11.5 Å². The van der Waals surface area contributed by atoms with Gasteiger partial charge in [-0.2, -0.15) is 0 Å². The Morgan fingerprint density at radius 2 is 1.77 bits per heavy atom. The van der Waals surface area contributed by atoms with Crippen molar-refractivity contribution in [3.05, 3.63) is 86.9 Å². The average molecular weight is 470 g/mol. The Bertz CT molecular complexity index is 1070. The van der Waals surface area contributed by atoms with Crippen LogP contribution < -0.4 is 14.8 Å². The van der Waals surface area contributed by atoms with E-state index < -0.39 is 5.97 Å². The first-order valence-electron chi connectivity index (χ1n) is 9.50. The van der Waals surface area contributed by atoms with Gasteiger partial charge < -0.3 is 19.9 Å². The highest BCUT2D eigenvalue weighted by Gasteiger charge is 2.12. The summed E-state index contributed by atoms with van der Waals surface area (Å²) in [6, 6.07) is 17.0. The zero-order chi connectivity index (χ0) is 21.7. The van der Waals surface area contributed by atoms with Crippen LogP contribution in [0, 0.1) is 13.8 Å². The van der Waals surface area contributed by atoms with E-state index in [-0.39, 0.29) is 5.56 Å². The van der Waals surface area contributed by atoms with Gasteiger partial charge in [-0.05, 0) is 66.4 Å². The Kier molecular flexibility index (Phi) is 7.00. The average Bonchev–Trinajstić information content (AvgIpc) is 2.73. The van der Waals surface area contributed by atoms with E-state index in [1.165, 1.54) is 5.56 Å². The molecule has 3 aromatic carbocycles. The Labute approximate surface area is 184 Å². The summed E-state index contributed by atoms with van der Waals surface area (Å²) >= 11 is 3.62. The number of aryl methyl sites for hydroxylation is 2. The van der Waals surface area contributed by atoms with Gasteiger partial charge in [-0.25, -0.2) is 4.79 Å². The molecule has 0 atom stereocenters. The van der Waals surface area contributed by atoms with Gasteiger partial charge in [0.25, 0.3) is 0 Å². The molecular weight excluding hydrogens is 446 g/mol. The van der Waals surface area contributed by atoms with Crippen LogP contribution in [-0.2, 0) is 13.2 Å². The smallest absolute Gasteiger partial charge is 0.335 e. The van der Waals surface area contributed by atoms with Crippen molar-refractivity contribution in [3.63, 3.8) is 0 Å². The van der Waals surface area contributed by atoms with Crippen LogP contribution in [-0.4, -0.2) is 18.2 Å². The van der Waals surface area contributed by atoms with Crippen molar-refractivity contribution < 1.29 is 19.4 Å². The summed E-state index contributed by atoms with van der Waals surface area (Å²) < 4.78 is 12.5. The molecule has 0 unspecified atom stereocenters. The summed E-state index contributed by atoms with van der Waals surface area (Å²) in [7, 11) is 1.62. The van der Waals surface area contributed by atoms with E-state index in [2.05, 4.69) is 34.2 Å². The van der Waals surface area contributed by atoms with Crippen molar-refractivity contribution in [2.45, 2.75) is 27.0 Å². The molecule has 0 radical (unpaired) electrons. The summed E-state index contributed by atoms with van der Waals surface area (Å²) in [6.45, 7) is 4.95. The minimum atomic E-state index is -0.932. The number of methoxy groups -OCH3 is 1. The van der Waals surface area contributed by atoms with Crippen molar-refractivity contribution in [1.29, 1.82) is 0 Å². The van der Waals surface area contributed by atoms with E-state index in [1.807, 2.05) is 37.3 Å². The number of carboxylic acids is 1. The van der Waals surface area contributed by atoms with Crippen molar-refractivity contribution in [2.24, 2.45) is 0 Å². The SMILES string of the molecule is COc1cc(CNc2ccc(C(=O)O)cc2C)c(Br)cc1OCc1ccccc1C. The molecule has 2 N–H and O–H groups in total. The second-order valence-corrected chi connectivity index (χ2v) is 7.85. The van der Waals surface area contributed by atoms with Crippen LogP contribution in [0.15, 0.2) is 59.1 Å². The summed E-state index contributed by atoms with van der Waals surface area (Å²) in [4.78, 5) is 11.1. The summed E-state index contributed by atoms with van der Waals surface area (Å²) in [6.07, 6.45) is 0. The van der Waals surface area contributed by atoms with E-state index in [0.717, 1.165) is 26.9 Å². The quantitative estimate of drug-likeness (QED) is 0.425. The first-order valence-corrected chi connectivity index (χ1v) is 10.3. The fraction of sp³-hybridized carbons (Fsp3) is 0.208. The Morgan fingerprint density at radius 3 is 2.43 bits per heavy atom. The molecule has 0 aliphatic heterocycles. The molecule has 3 aromatic rings. The van der Waals surface area contributed by atoms with Gasteiger partial charge in [0.15, 0.2) is 11.5 Å². The van der Waals surface area contributed by atoms with Gasteiger partial charge in [-0.15, -0.1) is 0 Å². The molecule has 0 aliphatic carbocycles. The predicted octanol–water partition coefficient (Wildman–Crippen LogP) is 5.96. The van der Waals surface area contributed by atoms with Gasteiger partial charge in [-0.3, -0.25) is 0 Å². The summed E-state index contributed by atoms with van der Waals surface area (Å²) in [5.74, 6) is 0.387. The van der Waals surface area contributed by atoms with Crippen LogP contribution in [0.4, 0.5) is 5.69 Å². The number of carboxylic acid groups (broad SMARTS) is 1. The first-order chi connectivity index (χ1) is 14.4. The van der Waals surface area contributed by atoms with Crippen LogP contribution in [0.25, 0.3) is 0 Å². The van der Waals surface area contributed by atoms with Crippen molar-refractivity contribution in [2.75, 3.05) is 12.4 Å². The van der Waals surface area contributed by atoms with Gasteiger partial charge >= 0.3 is 5.97 Å². The van der Waals surface area contributed by atoms with Crippen LogP contribution >= 0.6 is 15.9 Å². The molecule has 6 heteroatoms. The Balaban J connectivity index is 1.74. The first kappa shape index (κ1) is 21.7. The summed E-state index contributed by atoms with van der Waals surface area (Å²) in [5, 5.41) is 12.5. The maximum absolute atomic E-state index is 11.1. The summed E-state index contributed by atoms with van der Waals surface area (Å²) in [5.41, 5.74) is 5.33. The molecule has 0 amide bonds. The number of hydrogen-bond donors (Lipinski definition) is 2. The normalized spacial score (nSPS) is 10.5. The number of halogens is 1. The van der Waals surface area contributed by atoms with E-state index in [1.54, 1.807) is 25.3 Å². The fourth-order valence-electron chi connectivity index (χ4n) is 3.10. The molecular formula is C24H24BrNO4. The van der Waals surface area contributed by atoms with Gasteiger partial charge in [0, 0.05) is 16.7 Å². The Hall–Kier alpha value is -2.99. The molecule has 156 valence electrons. The predicted molar refractivity (Wildman–Crippen MR) is 122 cm³/mol. The zero-order valence-electron chi connectivity index (χ0n) is 17.2. The molecule has 0 saturated carbocycles. The highest BCUT2D eigenvalue weighted by Crippen LogP contribution is 2.34. The van der Waals surface area contributed by atoms with Gasteiger partial charge in [0.1, 0.15) is 6.61 Å². The third-order valence-corrected chi connectivity index (χ3v) is 5.66. The molecule has 0 aliphatic rings. The number of nitrogens with one attached hydrogen (secondary N) is 1. The second-order valence-electron chi connectivity index (χ2n) is 7.00. The molecule has 0 heterocycles. The van der Waals surface area contributed by atoms with Crippen LogP contribution in [0.1, 0.15) is 32.6 Å². The number of hydrogen-bond acceptors (Lipinski definition) is 4. The van der Waals surface area contributed by atoms with Gasteiger partial charge in [0.2, 0.25) is 0 Å². The lowest BCUT2D eigenvalue weighted by Crippen LogP contribution is -2.05. The van der Waals surface area contributed by atoms with Crippen molar-refractivity contribution >= 4 is 27.6 Å². The third kappa shape index (κ3) is 5.13. The topological polar surface area (TPSA) is 67.8 Å². The molecule has 0 bridgehead atoms. The highest BCUT2D eigenvalue weighted by atomic mass is 79.9. The molecule has 0 aromatic heterocycles. The van der Waals surface area contributed by atoms with E-state index in [0.29, 0.717) is 24.7 Å².